The van der Waals surface area contributed by atoms with Crippen LogP contribution in [0.1, 0.15) is 5.56 Å². The summed E-state index contributed by atoms with van der Waals surface area (Å²) in [6.45, 7) is -1.63. The third-order valence-electron chi connectivity index (χ3n) is 3.66. The van der Waals surface area contributed by atoms with E-state index in [1.54, 1.807) is 6.07 Å². The van der Waals surface area contributed by atoms with Crippen LogP contribution in [0.25, 0.3) is 17.1 Å². The lowest BCUT2D eigenvalue weighted by Crippen LogP contribution is -2.21. The average Bonchev–Trinajstić information content (AvgIpc) is 2.66. The number of halogens is 4. The first-order chi connectivity index (χ1) is 13.3. The molecular weight excluding hydrogens is 378 g/mol. The predicted molar refractivity (Wildman–Crippen MR) is 91.5 cm³/mol. The Hall–Kier alpha value is -3.67. The number of nitrogens with zero attached hydrogens (tertiary/aromatic N) is 3. The van der Waals surface area contributed by atoms with E-state index in [9.17, 15) is 27.6 Å². The van der Waals surface area contributed by atoms with Gasteiger partial charge in [-0.2, -0.15) is 18.4 Å². The summed E-state index contributed by atoms with van der Waals surface area (Å²) in [5.41, 5.74) is -0.386. The Kier molecular flexibility index (Phi) is 5.13. The number of aromatic nitrogens is 2. The molecule has 3 rings (SSSR count). The first-order valence-corrected chi connectivity index (χ1v) is 7.87. The molecule has 0 aliphatic carbocycles. The van der Waals surface area contributed by atoms with Crippen LogP contribution < -0.4 is 10.3 Å². The van der Waals surface area contributed by atoms with Gasteiger partial charge >= 0.3 is 6.18 Å². The zero-order valence-electron chi connectivity index (χ0n) is 14.1. The van der Waals surface area contributed by atoms with Crippen LogP contribution >= 0.6 is 0 Å². The number of alkyl halides is 3. The maximum absolute atomic E-state index is 13.2. The van der Waals surface area contributed by atoms with Crippen LogP contribution in [-0.4, -0.2) is 22.3 Å². The third kappa shape index (κ3) is 4.17. The number of rotatable bonds is 4. The summed E-state index contributed by atoms with van der Waals surface area (Å²) >= 11 is 0. The van der Waals surface area contributed by atoms with Crippen molar-refractivity contribution >= 4 is 0 Å². The molecule has 0 N–H and O–H groups in total. The molecule has 142 valence electrons. The van der Waals surface area contributed by atoms with E-state index in [4.69, 9.17) is 4.74 Å². The van der Waals surface area contributed by atoms with Crippen LogP contribution in [0.15, 0.2) is 59.5 Å². The minimum absolute atomic E-state index is 0.113. The fourth-order valence-corrected chi connectivity index (χ4v) is 2.43. The van der Waals surface area contributed by atoms with Crippen LogP contribution in [0, 0.1) is 17.1 Å². The molecule has 5 nitrogen and oxygen atoms in total. The molecule has 0 fully saturated rings. The maximum Gasteiger partial charge on any atom is 0.422 e. The minimum atomic E-state index is -4.63. The fraction of sp³-hybridized carbons (Fsp3) is 0.105. The average molecular weight is 389 g/mol. The Labute approximate surface area is 156 Å². The van der Waals surface area contributed by atoms with Gasteiger partial charge in [-0.25, -0.2) is 9.37 Å². The van der Waals surface area contributed by atoms with Crippen molar-refractivity contribution < 1.29 is 22.3 Å². The molecule has 2 aromatic heterocycles. The molecular formula is C19H11F4N3O2. The number of nitriles is 1. The quantitative estimate of drug-likeness (QED) is 0.636. The summed E-state index contributed by atoms with van der Waals surface area (Å²) in [7, 11) is 0. The zero-order chi connectivity index (χ0) is 20.3. The Morgan fingerprint density at radius 2 is 1.86 bits per heavy atom. The Bertz CT molecular complexity index is 1100. The molecule has 3 aromatic rings. The molecule has 0 saturated carbocycles. The molecule has 0 aliphatic heterocycles. The predicted octanol–water partition coefficient (Wildman–Crippen LogP) is 3.85. The van der Waals surface area contributed by atoms with Crippen molar-refractivity contribution in [3.63, 3.8) is 0 Å². The summed E-state index contributed by atoms with van der Waals surface area (Å²) in [4.78, 5) is 16.4. The van der Waals surface area contributed by atoms with Gasteiger partial charge in [0.1, 0.15) is 23.2 Å². The Morgan fingerprint density at radius 1 is 1.14 bits per heavy atom. The van der Waals surface area contributed by atoms with Gasteiger partial charge < -0.3 is 4.74 Å². The van der Waals surface area contributed by atoms with E-state index in [1.165, 1.54) is 36.5 Å². The van der Waals surface area contributed by atoms with Crippen molar-refractivity contribution in [3.05, 3.63) is 76.5 Å². The molecule has 0 bridgehead atoms. The van der Waals surface area contributed by atoms with E-state index in [0.717, 1.165) is 22.8 Å². The third-order valence-corrected chi connectivity index (χ3v) is 3.66. The van der Waals surface area contributed by atoms with Gasteiger partial charge in [-0.1, -0.05) is 6.07 Å². The zero-order valence-corrected chi connectivity index (χ0v) is 14.1. The second-order valence-corrected chi connectivity index (χ2v) is 5.64. The molecule has 9 heteroatoms. The molecule has 0 aliphatic rings. The van der Waals surface area contributed by atoms with Gasteiger partial charge in [0, 0.05) is 23.9 Å². The van der Waals surface area contributed by atoms with Gasteiger partial charge in [0.25, 0.3) is 5.56 Å². The normalized spacial score (nSPS) is 11.1. The van der Waals surface area contributed by atoms with Crippen LogP contribution in [-0.2, 0) is 0 Å². The second kappa shape index (κ2) is 7.52. The number of pyridine rings is 2. The molecule has 0 unspecified atom stereocenters. The van der Waals surface area contributed by atoms with E-state index in [-0.39, 0.29) is 22.8 Å². The smallest absolute Gasteiger partial charge is 0.422 e. The van der Waals surface area contributed by atoms with Crippen LogP contribution in [0.3, 0.4) is 0 Å². The highest BCUT2D eigenvalue weighted by Crippen LogP contribution is 2.30. The number of ether oxygens (including phenoxy) is 1. The summed E-state index contributed by atoms with van der Waals surface area (Å²) in [6, 6.07) is 12.1. The van der Waals surface area contributed by atoms with E-state index < -0.39 is 24.2 Å². The van der Waals surface area contributed by atoms with Crippen LogP contribution in [0.2, 0.25) is 0 Å². The highest BCUT2D eigenvalue weighted by molar-refractivity contribution is 5.66. The summed E-state index contributed by atoms with van der Waals surface area (Å²) in [6.07, 6.45) is -3.30. The number of hydrogen-bond donors (Lipinski definition) is 0. The minimum Gasteiger partial charge on any atom is -0.483 e. The number of hydrogen-bond acceptors (Lipinski definition) is 4. The largest absolute Gasteiger partial charge is 0.483 e. The van der Waals surface area contributed by atoms with E-state index in [0.29, 0.717) is 5.56 Å². The van der Waals surface area contributed by atoms with Crippen molar-refractivity contribution in [2.45, 2.75) is 6.18 Å². The van der Waals surface area contributed by atoms with Crippen LogP contribution in [0.5, 0.6) is 5.75 Å². The van der Waals surface area contributed by atoms with E-state index in [1.807, 2.05) is 0 Å². The van der Waals surface area contributed by atoms with Gasteiger partial charge in [0.05, 0.1) is 5.69 Å². The molecule has 2 heterocycles. The summed E-state index contributed by atoms with van der Waals surface area (Å²) in [5, 5.41) is 9.46. The molecule has 0 radical (unpaired) electrons. The Balaban J connectivity index is 2.23. The van der Waals surface area contributed by atoms with Crippen molar-refractivity contribution in [2.24, 2.45) is 0 Å². The lowest BCUT2D eigenvalue weighted by molar-refractivity contribution is -0.153. The van der Waals surface area contributed by atoms with Gasteiger partial charge in [-0.05, 0) is 30.3 Å². The first-order valence-electron chi connectivity index (χ1n) is 7.87. The molecule has 0 atom stereocenters. The summed E-state index contributed by atoms with van der Waals surface area (Å²) < 4.78 is 56.9. The lowest BCUT2D eigenvalue weighted by Gasteiger charge is -2.15. The number of benzene rings is 1. The molecule has 0 spiro atoms. The van der Waals surface area contributed by atoms with E-state index >= 15 is 0 Å². The fourth-order valence-electron chi connectivity index (χ4n) is 2.43. The second-order valence-electron chi connectivity index (χ2n) is 5.64. The van der Waals surface area contributed by atoms with Crippen LogP contribution in [0.4, 0.5) is 17.6 Å². The highest BCUT2D eigenvalue weighted by Gasteiger charge is 2.29. The van der Waals surface area contributed by atoms with Gasteiger partial charge in [0.15, 0.2) is 12.4 Å². The molecule has 0 amide bonds. The lowest BCUT2D eigenvalue weighted by atomic mass is 10.1. The van der Waals surface area contributed by atoms with Crippen molar-refractivity contribution in [1.82, 2.24) is 9.55 Å². The molecule has 1 aromatic carbocycles. The highest BCUT2D eigenvalue weighted by atomic mass is 19.4. The van der Waals surface area contributed by atoms with E-state index in [2.05, 4.69) is 4.98 Å². The maximum atomic E-state index is 13.2. The molecule has 0 saturated heterocycles. The van der Waals surface area contributed by atoms with Gasteiger partial charge in [-0.3, -0.25) is 9.36 Å². The molecule has 28 heavy (non-hydrogen) atoms. The van der Waals surface area contributed by atoms with Crippen molar-refractivity contribution in [2.75, 3.05) is 6.61 Å². The first kappa shape index (κ1) is 19.1. The monoisotopic (exact) mass is 389 g/mol. The van der Waals surface area contributed by atoms with Gasteiger partial charge in [-0.15, -0.1) is 0 Å². The standard InChI is InChI=1S/C19H11F4N3O2/c20-13-6-4-12(5-7-13)15-9-16(28-11-19(21,22)23)14(10-24)18(25-15)26-8-2-1-3-17(26)27/h1-9H,11H2. The Morgan fingerprint density at radius 3 is 2.46 bits per heavy atom. The topological polar surface area (TPSA) is 67.9 Å². The SMILES string of the molecule is N#Cc1c(OCC(F)(F)F)cc(-c2ccc(F)cc2)nc1-n1ccccc1=O. The van der Waals surface area contributed by atoms with Gasteiger partial charge in [0.2, 0.25) is 0 Å². The summed E-state index contributed by atoms with van der Waals surface area (Å²) in [5.74, 6) is -1.09. The van der Waals surface area contributed by atoms with Crippen molar-refractivity contribution in [3.8, 4) is 28.9 Å². The van der Waals surface area contributed by atoms with Crippen molar-refractivity contribution in [1.29, 1.82) is 5.26 Å².